The molecule has 0 unspecified atom stereocenters. The van der Waals surface area contributed by atoms with Gasteiger partial charge in [0.1, 0.15) is 41.4 Å². The van der Waals surface area contributed by atoms with Crippen LogP contribution in [0.3, 0.4) is 0 Å². The van der Waals surface area contributed by atoms with E-state index in [1.807, 2.05) is 26.0 Å². The molecule has 4 N–H and O–H groups in total. The Hall–Kier alpha value is -4.61. The van der Waals surface area contributed by atoms with Crippen molar-refractivity contribution in [2.24, 2.45) is 0 Å². The van der Waals surface area contributed by atoms with E-state index < -0.39 is 6.09 Å². The highest BCUT2D eigenvalue weighted by Gasteiger charge is 2.24. The first kappa shape index (κ1) is 35.7. The molecule has 0 bridgehead atoms. The maximum Gasteiger partial charge on any atom is 0.407 e. The van der Waals surface area contributed by atoms with Crippen molar-refractivity contribution in [2.45, 2.75) is 79.6 Å². The molecule has 3 heterocycles. The van der Waals surface area contributed by atoms with Crippen LogP contribution in [0.2, 0.25) is 5.15 Å². The van der Waals surface area contributed by atoms with Crippen molar-refractivity contribution in [2.75, 3.05) is 20.2 Å². The smallest absolute Gasteiger partial charge is 0.407 e. The molecule has 1 aliphatic heterocycles. The molecule has 1 atom stereocenters. The Balaban J connectivity index is 0.00000151. The van der Waals surface area contributed by atoms with Crippen molar-refractivity contribution < 1.29 is 19.1 Å². The maximum absolute atomic E-state index is 13.0. The van der Waals surface area contributed by atoms with Crippen LogP contribution in [0, 0.1) is 0 Å². The number of imidazole rings is 2. The van der Waals surface area contributed by atoms with Gasteiger partial charge in [0.25, 0.3) is 0 Å². The van der Waals surface area contributed by atoms with Crippen LogP contribution >= 0.6 is 11.6 Å². The lowest BCUT2D eigenvalue weighted by molar-refractivity contribution is -0.133. The molecule has 0 spiro atoms. The van der Waals surface area contributed by atoms with E-state index in [9.17, 15) is 9.59 Å². The van der Waals surface area contributed by atoms with Gasteiger partial charge in [-0.2, -0.15) is 0 Å². The summed E-state index contributed by atoms with van der Waals surface area (Å²) in [6, 6.07) is 14.5. The molecule has 0 aliphatic carbocycles. The second kappa shape index (κ2) is 16.2. The maximum atomic E-state index is 13.0. The minimum atomic E-state index is -0.645. The first-order valence-corrected chi connectivity index (χ1v) is 17.4. The minimum absolute atomic E-state index is 0.0492. The third-order valence-corrected chi connectivity index (χ3v) is 8.70. The van der Waals surface area contributed by atoms with Gasteiger partial charge in [0, 0.05) is 22.6 Å². The minimum Gasteiger partial charge on any atom is -0.488 e. The number of hydrogen-bond acceptors (Lipinski definition) is 7. The van der Waals surface area contributed by atoms with Gasteiger partial charge in [-0.3, -0.25) is 4.79 Å². The van der Waals surface area contributed by atoms with Gasteiger partial charge in [-0.25, -0.2) is 14.8 Å². The SMILES string of the molecule is CCC.CCCNCc1nc(-c2ccc3c(c2)COc2cc4c(ccc5[nH]c(CN(C(=O)CNC(=O)OC)[C@@H](C)CC)nc54)cc2-3)c(Cl)[nH]1. The van der Waals surface area contributed by atoms with E-state index in [-0.39, 0.29) is 25.0 Å². The van der Waals surface area contributed by atoms with Crippen molar-refractivity contribution in [3.05, 3.63) is 64.8 Å². The van der Waals surface area contributed by atoms with Gasteiger partial charge < -0.3 is 35.0 Å². The van der Waals surface area contributed by atoms with Crippen LogP contribution in [-0.2, 0) is 29.2 Å². The zero-order chi connectivity index (χ0) is 35.1. The summed E-state index contributed by atoms with van der Waals surface area (Å²) in [5.74, 6) is 2.04. The summed E-state index contributed by atoms with van der Waals surface area (Å²) in [7, 11) is 1.27. The van der Waals surface area contributed by atoms with Crippen molar-refractivity contribution in [1.29, 1.82) is 0 Å². The average Bonchev–Trinajstić information content (AvgIpc) is 3.71. The predicted molar refractivity (Wildman–Crippen MR) is 195 cm³/mol. The molecular formula is C37H46ClN7O4. The van der Waals surface area contributed by atoms with Crippen molar-refractivity contribution in [3.8, 4) is 28.1 Å². The molecule has 0 radical (unpaired) electrons. The number of H-pyrrole nitrogens is 2. The molecular weight excluding hydrogens is 642 g/mol. The lowest BCUT2D eigenvalue weighted by Gasteiger charge is -2.27. The Morgan fingerprint density at radius 2 is 1.84 bits per heavy atom. The van der Waals surface area contributed by atoms with Crippen LogP contribution in [0.1, 0.15) is 71.1 Å². The molecule has 11 nitrogen and oxygen atoms in total. The molecule has 2 aromatic heterocycles. The molecule has 5 aromatic rings. The van der Waals surface area contributed by atoms with Gasteiger partial charge in [-0.1, -0.05) is 63.9 Å². The van der Waals surface area contributed by atoms with Crippen LogP contribution < -0.4 is 15.4 Å². The van der Waals surface area contributed by atoms with E-state index in [1.165, 1.54) is 13.5 Å². The molecule has 6 rings (SSSR count). The van der Waals surface area contributed by atoms with E-state index >= 15 is 0 Å². The van der Waals surface area contributed by atoms with Crippen molar-refractivity contribution in [1.82, 2.24) is 35.5 Å². The third kappa shape index (κ3) is 8.00. The Morgan fingerprint density at radius 3 is 2.57 bits per heavy atom. The molecule has 49 heavy (non-hydrogen) atoms. The van der Waals surface area contributed by atoms with Gasteiger partial charge in [-0.15, -0.1) is 0 Å². The lowest BCUT2D eigenvalue weighted by Crippen LogP contribution is -2.44. The Morgan fingerprint density at radius 1 is 1.04 bits per heavy atom. The zero-order valence-electron chi connectivity index (χ0n) is 29.1. The number of ether oxygens (including phenoxy) is 2. The quantitative estimate of drug-likeness (QED) is 0.104. The fourth-order valence-electron chi connectivity index (χ4n) is 5.81. The number of carbonyl (C=O) groups excluding carboxylic acids is 2. The number of rotatable bonds is 11. The highest BCUT2D eigenvalue weighted by atomic mass is 35.5. The van der Waals surface area contributed by atoms with Gasteiger partial charge in [0.2, 0.25) is 5.91 Å². The second-order valence-electron chi connectivity index (χ2n) is 12.2. The molecule has 0 saturated carbocycles. The van der Waals surface area contributed by atoms with Crippen molar-refractivity contribution >= 4 is 45.4 Å². The number of nitrogens with zero attached hydrogens (tertiary/aromatic N) is 3. The van der Waals surface area contributed by atoms with Crippen LogP contribution in [-0.4, -0.2) is 63.1 Å². The summed E-state index contributed by atoms with van der Waals surface area (Å²) >= 11 is 6.54. The highest BCUT2D eigenvalue weighted by molar-refractivity contribution is 6.32. The Bertz CT molecular complexity index is 1940. The number of methoxy groups -OCH3 is 1. The largest absolute Gasteiger partial charge is 0.488 e. The monoisotopic (exact) mass is 687 g/mol. The number of aromatic nitrogens is 4. The molecule has 0 saturated heterocycles. The fraction of sp³-hybridized carbons (Fsp3) is 0.405. The zero-order valence-corrected chi connectivity index (χ0v) is 29.9. The molecule has 1 aliphatic rings. The summed E-state index contributed by atoms with van der Waals surface area (Å²) in [4.78, 5) is 42.5. The Labute approximate surface area is 292 Å². The third-order valence-electron chi connectivity index (χ3n) is 8.43. The summed E-state index contributed by atoms with van der Waals surface area (Å²) < 4.78 is 10.9. The molecule has 2 amide bonds. The number of nitrogens with one attached hydrogen (secondary N) is 4. The fourth-order valence-corrected chi connectivity index (χ4v) is 6.07. The summed E-state index contributed by atoms with van der Waals surface area (Å²) in [5.41, 5.74) is 6.52. The average molecular weight is 688 g/mol. The lowest BCUT2D eigenvalue weighted by atomic mass is 9.92. The first-order chi connectivity index (χ1) is 23.7. The second-order valence-corrected chi connectivity index (χ2v) is 12.6. The van der Waals surface area contributed by atoms with Crippen LogP contribution in [0.15, 0.2) is 42.5 Å². The van der Waals surface area contributed by atoms with Crippen LogP contribution in [0.25, 0.3) is 44.2 Å². The van der Waals surface area contributed by atoms with Gasteiger partial charge >= 0.3 is 6.09 Å². The number of aromatic amines is 2. The van der Waals surface area contributed by atoms with Gasteiger partial charge in [0.15, 0.2) is 0 Å². The molecule has 0 fully saturated rings. The number of hydrogen-bond donors (Lipinski definition) is 4. The summed E-state index contributed by atoms with van der Waals surface area (Å²) in [6.45, 7) is 12.5. The topological polar surface area (TPSA) is 137 Å². The normalized spacial score (nSPS) is 12.4. The van der Waals surface area contributed by atoms with E-state index in [0.29, 0.717) is 24.1 Å². The van der Waals surface area contributed by atoms with Crippen LogP contribution in [0.4, 0.5) is 4.79 Å². The van der Waals surface area contributed by atoms with E-state index in [1.54, 1.807) is 4.90 Å². The number of carbonyl (C=O) groups is 2. The summed E-state index contributed by atoms with van der Waals surface area (Å²) in [5, 5.41) is 8.34. The number of fused-ring (bicyclic) bond motifs is 6. The number of amides is 2. The standard InChI is InChI=1S/C34H38ClN7O4.C3H8/c1-5-11-36-15-28-39-31(33(35)41-28)21-7-9-23-22(12-21)18-46-27-14-24-20(13-25(23)27)8-10-26-32(24)40-29(38-26)17-42(19(3)6-2)30(43)16-37-34(44)45-4;1-3-2/h7-10,12-14,19,36H,5-6,11,15-18H2,1-4H3,(H,37,44)(H,38,40)(H,39,41);3H2,1-2H3/t19-;/m0./s1. The number of benzene rings is 3. The predicted octanol–water partition coefficient (Wildman–Crippen LogP) is 7.72. The van der Waals surface area contributed by atoms with E-state index in [4.69, 9.17) is 26.3 Å². The number of halogens is 1. The Kier molecular flexibility index (Phi) is 11.8. The number of alkyl carbamates (subject to hydrolysis) is 1. The molecule has 3 aromatic carbocycles. The van der Waals surface area contributed by atoms with Gasteiger partial charge in [0.05, 0.1) is 31.2 Å². The van der Waals surface area contributed by atoms with E-state index in [2.05, 4.69) is 76.4 Å². The first-order valence-electron chi connectivity index (χ1n) is 17.0. The van der Waals surface area contributed by atoms with E-state index in [0.717, 1.165) is 80.7 Å². The molecule has 260 valence electrons. The summed E-state index contributed by atoms with van der Waals surface area (Å²) in [6.07, 6.45) is 2.41. The van der Waals surface area contributed by atoms with Crippen LogP contribution in [0.5, 0.6) is 5.75 Å². The molecule has 12 heteroatoms. The highest BCUT2D eigenvalue weighted by Crippen LogP contribution is 2.43. The van der Waals surface area contributed by atoms with Crippen molar-refractivity contribution in [3.63, 3.8) is 0 Å². The van der Waals surface area contributed by atoms with Gasteiger partial charge in [-0.05, 0) is 67.1 Å².